The Bertz CT molecular complexity index is 211. The first-order valence-corrected chi connectivity index (χ1v) is 4.95. The predicted octanol–water partition coefficient (Wildman–Crippen LogP) is -0.566. The van der Waals surface area contributed by atoms with Gasteiger partial charge in [-0.3, -0.25) is 0 Å². The summed E-state index contributed by atoms with van der Waals surface area (Å²) in [6, 6.07) is 0.201. The Morgan fingerprint density at radius 3 is 2.09 bits per heavy atom. The molecule has 0 aromatic heterocycles. The van der Waals surface area contributed by atoms with E-state index in [1.54, 1.807) is 0 Å². The second kappa shape index (κ2) is 3.71. The molecular formula is C5H13ClN2O2S. The molecule has 1 fully saturated rings. The minimum absolute atomic E-state index is 0. The van der Waals surface area contributed by atoms with Gasteiger partial charge >= 0.3 is 0 Å². The maximum atomic E-state index is 10.5. The summed E-state index contributed by atoms with van der Waals surface area (Å²) in [5.74, 6) is 0.311. The zero-order chi connectivity index (χ0) is 7.78. The van der Waals surface area contributed by atoms with Gasteiger partial charge < -0.3 is 5.73 Å². The lowest BCUT2D eigenvalue weighted by atomic mass is 9.82. The van der Waals surface area contributed by atoms with Crippen LogP contribution in [0.25, 0.3) is 0 Å². The van der Waals surface area contributed by atoms with E-state index in [0.717, 1.165) is 12.8 Å². The highest BCUT2D eigenvalue weighted by Gasteiger charge is 2.28. The average molecular weight is 201 g/mol. The number of hydrogen-bond acceptors (Lipinski definition) is 3. The van der Waals surface area contributed by atoms with Gasteiger partial charge in [-0.15, -0.1) is 12.4 Å². The highest BCUT2D eigenvalue weighted by molar-refractivity contribution is 7.89. The second-order valence-corrected chi connectivity index (χ2v) is 4.59. The smallest absolute Gasteiger partial charge is 0.209 e. The molecule has 0 heterocycles. The standard InChI is InChI=1S/C5H12N2O2S.ClH/c6-5-1-4(2-5)3-10(7,8)9;/h4-5H,1-3,6H2,(H2,7,8,9);1H. The Hall–Kier alpha value is 0.160. The molecule has 0 aromatic rings. The Kier molecular flexibility index (Phi) is 3.76. The van der Waals surface area contributed by atoms with Gasteiger partial charge in [0, 0.05) is 6.04 Å². The summed E-state index contributed by atoms with van der Waals surface area (Å²) >= 11 is 0. The lowest BCUT2D eigenvalue weighted by Gasteiger charge is -2.31. The summed E-state index contributed by atoms with van der Waals surface area (Å²) in [5.41, 5.74) is 5.45. The molecule has 0 spiro atoms. The van der Waals surface area contributed by atoms with Crippen molar-refractivity contribution in [2.45, 2.75) is 18.9 Å². The first kappa shape index (κ1) is 11.2. The molecule has 0 aromatic carbocycles. The van der Waals surface area contributed by atoms with E-state index in [1.165, 1.54) is 0 Å². The van der Waals surface area contributed by atoms with E-state index in [4.69, 9.17) is 10.9 Å². The largest absolute Gasteiger partial charge is 0.328 e. The SMILES string of the molecule is Cl.NC1CC(CS(N)(=O)=O)C1. The van der Waals surface area contributed by atoms with Gasteiger partial charge in [-0.05, 0) is 18.8 Å². The maximum Gasteiger partial charge on any atom is 0.209 e. The molecule has 68 valence electrons. The molecule has 1 rings (SSSR count). The molecule has 6 heteroatoms. The summed E-state index contributed by atoms with van der Waals surface area (Å²) < 4.78 is 21.0. The third-order valence-electron chi connectivity index (χ3n) is 1.74. The first-order chi connectivity index (χ1) is 4.47. The van der Waals surface area contributed by atoms with Gasteiger partial charge in [0.05, 0.1) is 5.75 Å². The minimum atomic E-state index is -3.26. The van der Waals surface area contributed by atoms with Crippen molar-refractivity contribution in [3.8, 4) is 0 Å². The third-order valence-corrected chi connectivity index (χ3v) is 2.68. The Balaban J connectivity index is 0.000001000. The molecule has 0 saturated heterocycles. The quantitative estimate of drug-likeness (QED) is 0.626. The van der Waals surface area contributed by atoms with E-state index in [1.807, 2.05) is 0 Å². The third kappa shape index (κ3) is 3.91. The van der Waals surface area contributed by atoms with E-state index in [2.05, 4.69) is 0 Å². The van der Waals surface area contributed by atoms with Gasteiger partial charge in [0.25, 0.3) is 0 Å². The summed E-state index contributed by atoms with van der Waals surface area (Å²) in [6.07, 6.45) is 1.60. The topological polar surface area (TPSA) is 86.2 Å². The summed E-state index contributed by atoms with van der Waals surface area (Å²) in [7, 11) is -3.26. The number of primary sulfonamides is 1. The molecule has 4 nitrogen and oxygen atoms in total. The number of halogens is 1. The van der Waals surface area contributed by atoms with Crippen molar-refractivity contribution in [1.82, 2.24) is 0 Å². The van der Waals surface area contributed by atoms with Crippen LogP contribution in [0.5, 0.6) is 0 Å². The Labute approximate surface area is 72.8 Å². The predicted molar refractivity (Wildman–Crippen MR) is 45.9 cm³/mol. The summed E-state index contributed by atoms with van der Waals surface area (Å²) in [5, 5.41) is 4.82. The van der Waals surface area contributed by atoms with Crippen molar-refractivity contribution in [1.29, 1.82) is 0 Å². The molecule has 0 aliphatic heterocycles. The maximum absolute atomic E-state index is 10.5. The average Bonchev–Trinajstić information content (AvgIpc) is 1.57. The van der Waals surface area contributed by atoms with Gasteiger partial charge in [0.1, 0.15) is 0 Å². The summed E-state index contributed by atoms with van der Waals surface area (Å²) in [4.78, 5) is 0. The normalized spacial score (nSPS) is 30.4. The van der Waals surface area contributed by atoms with Crippen LogP contribution in [0.15, 0.2) is 0 Å². The first-order valence-electron chi connectivity index (χ1n) is 3.23. The van der Waals surface area contributed by atoms with E-state index in [0.29, 0.717) is 0 Å². The van der Waals surface area contributed by atoms with Crippen molar-refractivity contribution in [2.24, 2.45) is 16.8 Å². The van der Waals surface area contributed by atoms with Crippen LogP contribution in [0, 0.1) is 5.92 Å². The van der Waals surface area contributed by atoms with Crippen LogP contribution in [0.1, 0.15) is 12.8 Å². The van der Waals surface area contributed by atoms with E-state index >= 15 is 0 Å². The van der Waals surface area contributed by atoms with Crippen molar-refractivity contribution in [3.05, 3.63) is 0 Å². The zero-order valence-electron chi connectivity index (χ0n) is 6.06. The molecule has 4 N–H and O–H groups in total. The molecule has 11 heavy (non-hydrogen) atoms. The highest BCUT2D eigenvalue weighted by Crippen LogP contribution is 2.25. The van der Waals surface area contributed by atoms with Gasteiger partial charge in [-0.25, -0.2) is 13.6 Å². The van der Waals surface area contributed by atoms with Gasteiger partial charge in [-0.1, -0.05) is 0 Å². The molecule has 0 amide bonds. The fourth-order valence-electron chi connectivity index (χ4n) is 1.25. The van der Waals surface area contributed by atoms with E-state index < -0.39 is 10.0 Å². The van der Waals surface area contributed by atoms with Crippen LogP contribution in [0.2, 0.25) is 0 Å². The molecule has 1 aliphatic rings. The van der Waals surface area contributed by atoms with Crippen LogP contribution in [-0.4, -0.2) is 20.2 Å². The van der Waals surface area contributed by atoms with Crippen molar-refractivity contribution < 1.29 is 8.42 Å². The van der Waals surface area contributed by atoms with Crippen LogP contribution in [0.3, 0.4) is 0 Å². The molecule has 0 atom stereocenters. The molecule has 1 aliphatic carbocycles. The van der Waals surface area contributed by atoms with Crippen LogP contribution < -0.4 is 10.9 Å². The molecular weight excluding hydrogens is 188 g/mol. The van der Waals surface area contributed by atoms with E-state index in [9.17, 15) is 8.42 Å². The van der Waals surface area contributed by atoms with E-state index in [-0.39, 0.29) is 30.1 Å². The second-order valence-electron chi connectivity index (χ2n) is 2.93. The van der Waals surface area contributed by atoms with Crippen LogP contribution in [-0.2, 0) is 10.0 Å². The minimum Gasteiger partial charge on any atom is -0.328 e. The van der Waals surface area contributed by atoms with Crippen molar-refractivity contribution in [3.63, 3.8) is 0 Å². The van der Waals surface area contributed by atoms with Crippen LogP contribution >= 0.6 is 12.4 Å². The van der Waals surface area contributed by atoms with Crippen molar-refractivity contribution >= 4 is 22.4 Å². The zero-order valence-corrected chi connectivity index (χ0v) is 7.70. The van der Waals surface area contributed by atoms with Gasteiger partial charge in [0.2, 0.25) is 10.0 Å². The highest BCUT2D eigenvalue weighted by atomic mass is 35.5. The Morgan fingerprint density at radius 1 is 1.36 bits per heavy atom. The number of nitrogens with two attached hydrogens (primary N) is 2. The monoisotopic (exact) mass is 200 g/mol. The molecule has 0 bridgehead atoms. The Morgan fingerprint density at radius 2 is 1.82 bits per heavy atom. The van der Waals surface area contributed by atoms with Gasteiger partial charge in [-0.2, -0.15) is 0 Å². The molecule has 1 saturated carbocycles. The lowest BCUT2D eigenvalue weighted by Crippen LogP contribution is -2.40. The number of sulfonamides is 1. The fraction of sp³-hybridized carbons (Fsp3) is 1.00. The molecule has 0 unspecified atom stereocenters. The lowest BCUT2D eigenvalue weighted by molar-refractivity contribution is 0.292. The van der Waals surface area contributed by atoms with Crippen LogP contribution in [0.4, 0.5) is 0 Å². The number of hydrogen-bond donors (Lipinski definition) is 2. The van der Waals surface area contributed by atoms with Gasteiger partial charge in [0.15, 0.2) is 0 Å². The molecule has 0 radical (unpaired) electrons. The fourth-order valence-corrected chi connectivity index (χ4v) is 2.18. The number of rotatable bonds is 2. The van der Waals surface area contributed by atoms with Crippen molar-refractivity contribution in [2.75, 3.05) is 5.75 Å². The summed E-state index contributed by atoms with van der Waals surface area (Å²) in [6.45, 7) is 0.